The SMILES string of the molecule is CC(C)COc1ncc(Oc2ccc(C(=O)NS(C)(=O)=O)cc2C#N)cc1Cl. The van der Waals surface area contributed by atoms with E-state index in [4.69, 9.17) is 21.1 Å². The molecule has 1 aromatic heterocycles. The summed E-state index contributed by atoms with van der Waals surface area (Å²) in [5.74, 6) is 0.169. The molecule has 0 aliphatic rings. The molecule has 0 saturated carbocycles. The zero-order valence-electron chi connectivity index (χ0n) is 15.4. The Hall–Kier alpha value is -2.83. The van der Waals surface area contributed by atoms with Crippen molar-refractivity contribution < 1.29 is 22.7 Å². The van der Waals surface area contributed by atoms with Gasteiger partial charge >= 0.3 is 0 Å². The molecule has 148 valence electrons. The molecule has 0 unspecified atom stereocenters. The summed E-state index contributed by atoms with van der Waals surface area (Å²) in [7, 11) is -3.72. The van der Waals surface area contributed by atoms with Crippen molar-refractivity contribution in [1.82, 2.24) is 9.71 Å². The number of carbonyl (C=O) groups excluding carboxylic acids is 1. The maximum absolute atomic E-state index is 11.9. The van der Waals surface area contributed by atoms with E-state index >= 15 is 0 Å². The molecular formula is C18H18ClN3O5S. The van der Waals surface area contributed by atoms with Crippen LogP contribution in [0.1, 0.15) is 29.8 Å². The molecule has 0 atom stereocenters. The predicted octanol–water partition coefficient (Wildman–Crippen LogP) is 3.12. The first-order valence-corrected chi connectivity index (χ1v) is 10.4. The zero-order chi connectivity index (χ0) is 20.9. The van der Waals surface area contributed by atoms with Gasteiger partial charge in [-0.3, -0.25) is 4.79 Å². The molecule has 2 aromatic rings. The fraction of sp³-hybridized carbons (Fsp3) is 0.278. The molecular weight excluding hydrogens is 406 g/mol. The third-order valence-corrected chi connectivity index (χ3v) is 4.03. The smallest absolute Gasteiger partial charge is 0.264 e. The minimum absolute atomic E-state index is 0.00270. The monoisotopic (exact) mass is 423 g/mol. The number of aromatic nitrogens is 1. The Kier molecular flexibility index (Phi) is 6.83. The fourth-order valence-electron chi connectivity index (χ4n) is 2.02. The minimum atomic E-state index is -3.72. The molecule has 1 aromatic carbocycles. The Morgan fingerprint density at radius 2 is 2.07 bits per heavy atom. The second-order valence-electron chi connectivity index (χ2n) is 6.29. The van der Waals surface area contributed by atoms with E-state index in [0.29, 0.717) is 12.5 Å². The number of sulfonamides is 1. The van der Waals surface area contributed by atoms with Crippen LogP contribution in [0.25, 0.3) is 0 Å². The molecule has 0 saturated heterocycles. The number of hydrogen-bond donors (Lipinski definition) is 1. The molecule has 2 rings (SSSR count). The van der Waals surface area contributed by atoms with E-state index in [1.165, 1.54) is 30.5 Å². The minimum Gasteiger partial charge on any atom is -0.476 e. The van der Waals surface area contributed by atoms with Gasteiger partial charge in [0.05, 0.1) is 24.6 Å². The molecule has 1 amide bonds. The van der Waals surface area contributed by atoms with Crippen LogP contribution in [0.5, 0.6) is 17.4 Å². The Balaban J connectivity index is 2.21. The van der Waals surface area contributed by atoms with Crippen LogP contribution in [-0.4, -0.2) is 32.2 Å². The summed E-state index contributed by atoms with van der Waals surface area (Å²) in [5, 5.41) is 9.56. The highest BCUT2D eigenvalue weighted by Gasteiger charge is 2.15. The summed E-state index contributed by atoms with van der Waals surface area (Å²) in [6, 6.07) is 7.34. The largest absolute Gasteiger partial charge is 0.476 e. The third kappa shape index (κ3) is 6.11. The number of rotatable bonds is 7. The van der Waals surface area contributed by atoms with Crippen LogP contribution in [0.15, 0.2) is 30.5 Å². The Morgan fingerprint density at radius 1 is 1.36 bits per heavy atom. The number of nitrogens with zero attached hydrogens (tertiary/aromatic N) is 2. The second kappa shape index (κ2) is 8.91. The van der Waals surface area contributed by atoms with Gasteiger partial charge in [0.25, 0.3) is 5.91 Å². The molecule has 8 nitrogen and oxygen atoms in total. The number of hydrogen-bond acceptors (Lipinski definition) is 7. The molecule has 0 fully saturated rings. The average molecular weight is 424 g/mol. The highest BCUT2D eigenvalue weighted by atomic mass is 35.5. The first-order valence-electron chi connectivity index (χ1n) is 8.11. The lowest BCUT2D eigenvalue weighted by Crippen LogP contribution is -2.29. The predicted molar refractivity (Wildman–Crippen MR) is 103 cm³/mol. The molecule has 28 heavy (non-hydrogen) atoms. The zero-order valence-corrected chi connectivity index (χ0v) is 17.0. The normalized spacial score (nSPS) is 11.0. The maximum atomic E-state index is 11.9. The fourth-order valence-corrected chi connectivity index (χ4v) is 2.68. The number of benzene rings is 1. The highest BCUT2D eigenvalue weighted by molar-refractivity contribution is 7.89. The number of nitriles is 1. The number of carbonyl (C=O) groups is 1. The van der Waals surface area contributed by atoms with Crippen LogP contribution < -0.4 is 14.2 Å². The van der Waals surface area contributed by atoms with Gasteiger partial charge in [-0.25, -0.2) is 18.1 Å². The lowest BCUT2D eigenvalue weighted by atomic mass is 10.1. The molecule has 0 radical (unpaired) electrons. The Bertz CT molecular complexity index is 1030. The first kappa shape index (κ1) is 21.5. The van der Waals surface area contributed by atoms with Gasteiger partial charge in [-0.15, -0.1) is 0 Å². The summed E-state index contributed by atoms with van der Waals surface area (Å²) in [5.41, 5.74) is 0.0420. The summed E-state index contributed by atoms with van der Waals surface area (Å²) in [6.45, 7) is 4.45. The van der Waals surface area contributed by atoms with Crippen molar-refractivity contribution in [3.05, 3.63) is 46.6 Å². The summed E-state index contributed by atoms with van der Waals surface area (Å²) >= 11 is 6.14. The van der Waals surface area contributed by atoms with E-state index in [2.05, 4.69) is 4.98 Å². The van der Waals surface area contributed by atoms with Crippen molar-refractivity contribution in [2.24, 2.45) is 5.92 Å². The molecule has 1 N–H and O–H groups in total. The van der Waals surface area contributed by atoms with Crippen LogP contribution in [0.3, 0.4) is 0 Å². The van der Waals surface area contributed by atoms with Crippen molar-refractivity contribution in [1.29, 1.82) is 5.26 Å². The van der Waals surface area contributed by atoms with Crippen LogP contribution in [-0.2, 0) is 10.0 Å². The van der Waals surface area contributed by atoms with Gasteiger partial charge in [-0.1, -0.05) is 25.4 Å². The number of ether oxygens (including phenoxy) is 2. The lowest BCUT2D eigenvalue weighted by molar-refractivity contribution is 0.0981. The third-order valence-electron chi connectivity index (χ3n) is 3.20. The van der Waals surface area contributed by atoms with Crippen LogP contribution in [0.4, 0.5) is 0 Å². The number of halogens is 1. The summed E-state index contributed by atoms with van der Waals surface area (Å²) in [4.78, 5) is 16.0. The number of nitrogens with one attached hydrogen (secondary N) is 1. The highest BCUT2D eigenvalue weighted by Crippen LogP contribution is 2.31. The quantitative estimate of drug-likeness (QED) is 0.726. The van der Waals surface area contributed by atoms with Gasteiger partial charge < -0.3 is 9.47 Å². The standard InChI is InChI=1S/C18H18ClN3O5S/c1-11(2)10-26-18-15(19)7-14(9-21-18)27-16-5-4-12(6-13(16)8-20)17(23)22-28(3,24)25/h4-7,9,11H,10H2,1-3H3,(H,22,23). The van der Waals surface area contributed by atoms with Gasteiger partial charge in [0.15, 0.2) is 0 Å². The van der Waals surface area contributed by atoms with Crippen molar-refractivity contribution in [3.63, 3.8) is 0 Å². The van der Waals surface area contributed by atoms with Crippen molar-refractivity contribution in [2.45, 2.75) is 13.8 Å². The van der Waals surface area contributed by atoms with Gasteiger partial charge in [0.1, 0.15) is 22.6 Å². The number of pyridine rings is 1. The topological polar surface area (TPSA) is 118 Å². The summed E-state index contributed by atoms with van der Waals surface area (Å²) in [6.07, 6.45) is 2.26. The lowest BCUT2D eigenvalue weighted by Gasteiger charge is -2.12. The van der Waals surface area contributed by atoms with E-state index in [1.807, 2.05) is 24.6 Å². The average Bonchev–Trinajstić information content (AvgIpc) is 2.59. The van der Waals surface area contributed by atoms with E-state index < -0.39 is 15.9 Å². The Labute approximate surface area is 168 Å². The van der Waals surface area contributed by atoms with E-state index in [-0.39, 0.29) is 33.5 Å². The van der Waals surface area contributed by atoms with E-state index in [0.717, 1.165) is 6.26 Å². The van der Waals surface area contributed by atoms with Crippen LogP contribution >= 0.6 is 11.6 Å². The molecule has 0 spiro atoms. The van der Waals surface area contributed by atoms with Crippen molar-refractivity contribution in [3.8, 4) is 23.4 Å². The van der Waals surface area contributed by atoms with Crippen LogP contribution in [0.2, 0.25) is 5.02 Å². The first-order chi connectivity index (χ1) is 13.1. The van der Waals surface area contributed by atoms with Crippen molar-refractivity contribution in [2.75, 3.05) is 12.9 Å². The molecule has 10 heteroatoms. The van der Waals surface area contributed by atoms with Crippen molar-refractivity contribution >= 4 is 27.5 Å². The molecule has 1 heterocycles. The van der Waals surface area contributed by atoms with E-state index in [9.17, 15) is 18.5 Å². The number of amides is 1. The van der Waals surface area contributed by atoms with Crippen LogP contribution in [0, 0.1) is 17.2 Å². The molecule has 0 aliphatic carbocycles. The van der Waals surface area contributed by atoms with Gasteiger partial charge in [-0.05, 0) is 24.1 Å². The van der Waals surface area contributed by atoms with E-state index in [1.54, 1.807) is 0 Å². The maximum Gasteiger partial charge on any atom is 0.264 e. The summed E-state index contributed by atoms with van der Waals surface area (Å²) < 4.78 is 35.3. The van der Waals surface area contributed by atoms with Gasteiger partial charge in [0, 0.05) is 11.6 Å². The molecule has 0 bridgehead atoms. The second-order valence-corrected chi connectivity index (χ2v) is 8.45. The Morgan fingerprint density at radius 3 is 2.64 bits per heavy atom. The molecule has 0 aliphatic heterocycles. The van der Waals surface area contributed by atoms with Gasteiger partial charge in [-0.2, -0.15) is 5.26 Å². The van der Waals surface area contributed by atoms with Gasteiger partial charge in [0.2, 0.25) is 15.9 Å².